The number of halogens is 1. The van der Waals surface area contributed by atoms with Crippen LogP contribution in [0.2, 0.25) is 5.02 Å². The Labute approximate surface area is 128 Å². The normalized spacial score (nSPS) is 16.0. The molecule has 0 N–H and O–H groups in total. The van der Waals surface area contributed by atoms with Crippen LogP contribution in [0, 0.1) is 0 Å². The zero-order valence-corrected chi connectivity index (χ0v) is 13.0. The summed E-state index contributed by atoms with van der Waals surface area (Å²) in [5.74, 6) is -0.537. The third-order valence-electron chi connectivity index (χ3n) is 3.63. The second-order valence-corrected chi connectivity index (χ2v) is 5.18. The molecule has 1 fully saturated rings. The largest absolute Gasteiger partial charge is 0.468 e. The van der Waals surface area contributed by atoms with E-state index in [1.807, 2.05) is 4.90 Å². The van der Waals surface area contributed by atoms with Crippen LogP contribution >= 0.6 is 11.6 Å². The zero-order valence-electron chi connectivity index (χ0n) is 12.2. The Morgan fingerprint density at radius 2 is 2.05 bits per heavy atom. The molecule has 7 nitrogen and oxygen atoms in total. The number of methoxy groups -OCH3 is 1. The van der Waals surface area contributed by atoms with Gasteiger partial charge in [0.1, 0.15) is 11.6 Å². The van der Waals surface area contributed by atoms with E-state index in [0.29, 0.717) is 5.69 Å². The van der Waals surface area contributed by atoms with Gasteiger partial charge in [-0.1, -0.05) is 18.5 Å². The lowest BCUT2D eigenvalue weighted by atomic mass is 10.3. The van der Waals surface area contributed by atoms with E-state index in [4.69, 9.17) is 11.6 Å². The summed E-state index contributed by atoms with van der Waals surface area (Å²) in [5, 5.41) is 4.10. The van der Waals surface area contributed by atoms with E-state index in [1.54, 1.807) is 0 Å². The Kier molecular flexibility index (Phi) is 5.19. The highest BCUT2D eigenvalue weighted by Gasteiger charge is 2.20. The molecule has 8 heteroatoms. The predicted molar refractivity (Wildman–Crippen MR) is 79.9 cm³/mol. The molecule has 21 heavy (non-hydrogen) atoms. The number of likely N-dealkylation sites (N-methyl/N-ethyl adjacent to an activating group) is 1. The quantitative estimate of drug-likeness (QED) is 0.740. The summed E-state index contributed by atoms with van der Waals surface area (Å²) in [4.78, 5) is 27.7. The number of rotatable bonds is 4. The number of nitrogens with zero attached hydrogens (tertiary/aromatic N) is 4. The average molecular weight is 315 g/mol. The van der Waals surface area contributed by atoms with Crippen molar-refractivity contribution in [1.82, 2.24) is 14.7 Å². The molecule has 1 aromatic heterocycles. The smallest absolute Gasteiger partial charge is 0.327 e. The lowest BCUT2D eigenvalue weighted by Gasteiger charge is -2.35. The molecule has 0 spiro atoms. The fourth-order valence-corrected chi connectivity index (χ4v) is 2.55. The monoisotopic (exact) mass is 314 g/mol. The number of esters is 1. The van der Waals surface area contributed by atoms with E-state index in [1.165, 1.54) is 13.3 Å². The molecular formula is C13H19ClN4O3. The van der Waals surface area contributed by atoms with Crippen LogP contribution in [0.5, 0.6) is 0 Å². The molecular weight excluding hydrogens is 296 g/mol. The fourth-order valence-electron chi connectivity index (χ4n) is 2.28. The second-order valence-electron chi connectivity index (χ2n) is 4.80. The van der Waals surface area contributed by atoms with Gasteiger partial charge in [-0.05, 0) is 6.54 Å². The molecule has 2 rings (SSSR count). The molecule has 0 bridgehead atoms. The molecule has 0 aromatic carbocycles. The lowest BCUT2D eigenvalue weighted by molar-refractivity contribution is -0.141. The molecule has 1 aliphatic rings. The van der Waals surface area contributed by atoms with Gasteiger partial charge in [0, 0.05) is 26.2 Å². The van der Waals surface area contributed by atoms with Crippen molar-refractivity contribution < 1.29 is 9.53 Å². The number of anilines is 1. The topological polar surface area (TPSA) is 67.7 Å². The van der Waals surface area contributed by atoms with Gasteiger partial charge in [-0.3, -0.25) is 9.59 Å². The highest BCUT2D eigenvalue weighted by atomic mass is 35.5. The van der Waals surface area contributed by atoms with Gasteiger partial charge >= 0.3 is 5.97 Å². The molecule has 1 aliphatic heterocycles. The molecule has 2 heterocycles. The third-order valence-corrected chi connectivity index (χ3v) is 3.99. The van der Waals surface area contributed by atoms with Gasteiger partial charge in [-0.15, -0.1) is 0 Å². The second kappa shape index (κ2) is 6.91. The third kappa shape index (κ3) is 3.54. The standard InChI is InChI=1S/C13H19ClN4O3/c1-3-16-4-6-17(7-5-16)10-8-15-18(9-11(19)21-2)13(20)12(10)14/h8H,3-7,9H2,1-2H3. The maximum absolute atomic E-state index is 12.1. The van der Waals surface area contributed by atoms with Crippen LogP contribution in [0.25, 0.3) is 0 Å². The van der Waals surface area contributed by atoms with Crippen molar-refractivity contribution in [2.24, 2.45) is 0 Å². The Balaban J connectivity index is 2.17. The van der Waals surface area contributed by atoms with Gasteiger partial charge in [0.15, 0.2) is 0 Å². The first-order valence-electron chi connectivity index (χ1n) is 6.86. The molecule has 0 radical (unpaired) electrons. The maximum Gasteiger partial charge on any atom is 0.327 e. The molecule has 0 atom stereocenters. The van der Waals surface area contributed by atoms with Crippen LogP contribution in [0.1, 0.15) is 6.92 Å². The minimum absolute atomic E-state index is 0.0962. The first-order chi connectivity index (χ1) is 10.1. The highest BCUT2D eigenvalue weighted by Crippen LogP contribution is 2.22. The van der Waals surface area contributed by atoms with Crippen LogP contribution in [-0.2, 0) is 16.1 Å². The van der Waals surface area contributed by atoms with Crippen molar-refractivity contribution >= 4 is 23.3 Å². The van der Waals surface area contributed by atoms with Crippen molar-refractivity contribution in [2.45, 2.75) is 13.5 Å². The van der Waals surface area contributed by atoms with Gasteiger partial charge in [0.05, 0.1) is 19.0 Å². The Hall–Kier alpha value is -1.60. The summed E-state index contributed by atoms with van der Waals surface area (Å²) in [6.45, 7) is 6.36. The van der Waals surface area contributed by atoms with E-state index < -0.39 is 11.5 Å². The Morgan fingerprint density at radius 3 is 2.62 bits per heavy atom. The molecule has 0 unspecified atom stereocenters. The van der Waals surface area contributed by atoms with Crippen molar-refractivity contribution in [1.29, 1.82) is 0 Å². The lowest BCUT2D eigenvalue weighted by Crippen LogP contribution is -2.46. The molecule has 0 amide bonds. The van der Waals surface area contributed by atoms with Crippen LogP contribution in [0.15, 0.2) is 11.0 Å². The van der Waals surface area contributed by atoms with Crippen molar-refractivity contribution in [2.75, 3.05) is 44.7 Å². The average Bonchev–Trinajstić information content (AvgIpc) is 2.52. The van der Waals surface area contributed by atoms with Crippen LogP contribution < -0.4 is 10.5 Å². The summed E-state index contributed by atoms with van der Waals surface area (Å²) >= 11 is 6.15. The molecule has 0 aliphatic carbocycles. The zero-order chi connectivity index (χ0) is 15.4. The summed E-state index contributed by atoms with van der Waals surface area (Å²) in [5.41, 5.74) is 0.149. The SMILES string of the molecule is CCN1CCN(c2cnn(CC(=O)OC)c(=O)c2Cl)CC1. The van der Waals surface area contributed by atoms with Gasteiger partial charge in [-0.2, -0.15) is 5.10 Å². The summed E-state index contributed by atoms with van der Waals surface area (Å²) < 4.78 is 5.54. The summed E-state index contributed by atoms with van der Waals surface area (Å²) in [6, 6.07) is 0. The Bertz CT molecular complexity index is 567. The van der Waals surface area contributed by atoms with Crippen LogP contribution in [0.3, 0.4) is 0 Å². The number of piperazine rings is 1. The molecule has 1 saturated heterocycles. The summed E-state index contributed by atoms with van der Waals surface area (Å²) in [6.07, 6.45) is 1.54. The minimum atomic E-state index is -0.537. The highest BCUT2D eigenvalue weighted by molar-refractivity contribution is 6.33. The molecule has 1 aromatic rings. The van der Waals surface area contributed by atoms with Crippen molar-refractivity contribution in [3.05, 3.63) is 21.6 Å². The number of aromatic nitrogens is 2. The first-order valence-corrected chi connectivity index (χ1v) is 7.24. The van der Waals surface area contributed by atoms with Crippen molar-refractivity contribution in [3.63, 3.8) is 0 Å². The van der Waals surface area contributed by atoms with E-state index in [2.05, 4.69) is 21.7 Å². The fraction of sp³-hybridized carbons (Fsp3) is 0.615. The summed E-state index contributed by atoms with van der Waals surface area (Å²) in [7, 11) is 1.26. The number of carbonyl (C=O) groups excluding carboxylic acids is 1. The van der Waals surface area contributed by atoms with Gasteiger partial charge in [0.25, 0.3) is 5.56 Å². The predicted octanol–water partition coefficient (Wildman–Crippen LogP) is 0.212. The van der Waals surface area contributed by atoms with Gasteiger partial charge in [-0.25, -0.2) is 4.68 Å². The molecule has 116 valence electrons. The maximum atomic E-state index is 12.1. The minimum Gasteiger partial charge on any atom is -0.468 e. The number of ether oxygens (including phenoxy) is 1. The van der Waals surface area contributed by atoms with E-state index in [9.17, 15) is 9.59 Å². The van der Waals surface area contributed by atoms with Gasteiger partial charge < -0.3 is 14.5 Å². The number of hydrogen-bond donors (Lipinski definition) is 0. The number of hydrogen-bond acceptors (Lipinski definition) is 6. The van der Waals surface area contributed by atoms with Crippen LogP contribution in [0.4, 0.5) is 5.69 Å². The van der Waals surface area contributed by atoms with Crippen LogP contribution in [-0.4, -0.2) is 60.5 Å². The van der Waals surface area contributed by atoms with E-state index in [-0.39, 0.29) is 11.6 Å². The van der Waals surface area contributed by atoms with E-state index >= 15 is 0 Å². The Morgan fingerprint density at radius 1 is 1.38 bits per heavy atom. The first kappa shape index (κ1) is 15.8. The molecule has 0 saturated carbocycles. The van der Waals surface area contributed by atoms with E-state index in [0.717, 1.165) is 37.4 Å². The van der Waals surface area contributed by atoms with Gasteiger partial charge in [0.2, 0.25) is 0 Å². The number of carbonyl (C=O) groups is 1. The van der Waals surface area contributed by atoms with Crippen molar-refractivity contribution in [3.8, 4) is 0 Å².